The second kappa shape index (κ2) is 9.41. The van der Waals surface area contributed by atoms with Crippen molar-refractivity contribution in [1.29, 1.82) is 0 Å². The molecule has 0 aliphatic carbocycles. The zero-order chi connectivity index (χ0) is 18.2. The third-order valence-corrected chi connectivity index (χ3v) is 4.58. The Labute approximate surface area is 155 Å². The van der Waals surface area contributed by atoms with Crippen LogP contribution in [-0.2, 0) is 16.1 Å². The molecule has 0 aliphatic rings. The summed E-state index contributed by atoms with van der Waals surface area (Å²) in [5, 5.41) is 2.62. The summed E-state index contributed by atoms with van der Waals surface area (Å²) >= 11 is 7.43. The molecule has 0 radical (unpaired) electrons. The standard InChI is InChI=1S/C17H20ClN3O3S/c1-12-7-8-25-15(12)9-21(2)10-16(22)19-20-17(23)11-24-14-5-3-13(18)4-6-14/h3-8H,9-11H2,1-2H3,(H,19,22)(H,20,23). The van der Waals surface area contributed by atoms with Gasteiger partial charge in [-0.25, -0.2) is 0 Å². The molecular weight excluding hydrogens is 362 g/mol. The van der Waals surface area contributed by atoms with Crippen LogP contribution in [0.3, 0.4) is 0 Å². The van der Waals surface area contributed by atoms with Crippen LogP contribution in [0.15, 0.2) is 35.7 Å². The van der Waals surface area contributed by atoms with Gasteiger partial charge in [-0.3, -0.25) is 25.3 Å². The van der Waals surface area contributed by atoms with E-state index in [1.165, 1.54) is 10.4 Å². The molecule has 0 bridgehead atoms. The third kappa shape index (κ3) is 6.74. The first kappa shape index (κ1) is 19.2. The summed E-state index contributed by atoms with van der Waals surface area (Å²) in [5.74, 6) is -0.214. The van der Waals surface area contributed by atoms with E-state index in [1.807, 2.05) is 24.3 Å². The average Bonchev–Trinajstić information content (AvgIpc) is 2.97. The molecule has 0 saturated carbocycles. The number of thiophene rings is 1. The first-order valence-corrected chi connectivity index (χ1v) is 8.87. The van der Waals surface area contributed by atoms with Crippen LogP contribution in [0, 0.1) is 6.92 Å². The van der Waals surface area contributed by atoms with Gasteiger partial charge in [0.25, 0.3) is 11.8 Å². The number of benzene rings is 1. The number of ether oxygens (including phenoxy) is 1. The number of amides is 2. The molecule has 1 heterocycles. The number of carbonyl (C=O) groups excluding carboxylic acids is 2. The van der Waals surface area contributed by atoms with Gasteiger partial charge in [0, 0.05) is 16.4 Å². The van der Waals surface area contributed by atoms with Crippen LogP contribution < -0.4 is 15.6 Å². The molecule has 0 fully saturated rings. The fourth-order valence-electron chi connectivity index (χ4n) is 2.01. The number of aryl methyl sites for hydroxylation is 1. The summed E-state index contributed by atoms with van der Waals surface area (Å²) in [5.41, 5.74) is 5.91. The maximum atomic E-state index is 11.9. The smallest absolute Gasteiger partial charge is 0.276 e. The Morgan fingerprint density at radius 2 is 1.84 bits per heavy atom. The molecular formula is C17H20ClN3O3S. The lowest BCUT2D eigenvalue weighted by Crippen LogP contribution is -2.47. The van der Waals surface area contributed by atoms with E-state index < -0.39 is 5.91 Å². The topological polar surface area (TPSA) is 70.7 Å². The summed E-state index contributed by atoms with van der Waals surface area (Å²) in [6.45, 7) is 2.70. The van der Waals surface area contributed by atoms with Gasteiger partial charge in [-0.2, -0.15) is 0 Å². The van der Waals surface area contributed by atoms with Crippen molar-refractivity contribution in [3.05, 3.63) is 51.2 Å². The molecule has 2 rings (SSSR count). The summed E-state index contributed by atoms with van der Waals surface area (Å²) in [4.78, 5) is 26.6. The van der Waals surface area contributed by atoms with E-state index >= 15 is 0 Å². The van der Waals surface area contributed by atoms with Crippen molar-refractivity contribution in [3.63, 3.8) is 0 Å². The number of hydrogen-bond acceptors (Lipinski definition) is 5. The maximum Gasteiger partial charge on any atom is 0.276 e. The molecule has 6 nitrogen and oxygen atoms in total. The number of halogens is 1. The van der Waals surface area contributed by atoms with E-state index in [0.717, 1.165) is 0 Å². The van der Waals surface area contributed by atoms with Crippen molar-refractivity contribution >= 4 is 34.8 Å². The predicted molar refractivity (Wildman–Crippen MR) is 98.6 cm³/mol. The van der Waals surface area contributed by atoms with Crippen molar-refractivity contribution < 1.29 is 14.3 Å². The van der Waals surface area contributed by atoms with Crippen LogP contribution in [0.25, 0.3) is 0 Å². The molecule has 134 valence electrons. The van der Waals surface area contributed by atoms with Gasteiger partial charge in [0.15, 0.2) is 6.61 Å². The zero-order valence-electron chi connectivity index (χ0n) is 14.0. The SMILES string of the molecule is Cc1ccsc1CN(C)CC(=O)NNC(=O)COc1ccc(Cl)cc1. The lowest BCUT2D eigenvalue weighted by Gasteiger charge is -2.16. The number of nitrogens with one attached hydrogen (secondary N) is 2. The molecule has 0 saturated heterocycles. The number of rotatable bonds is 7. The molecule has 2 aromatic rings. The summed E-state index contributed by atoms with van der Waals surface area (Å²) < 4.78 is 5.29. The molecule has 0 atom stereocenters. The van der Waals surface area contributed by atoms with Crippen LogP contribution in [0.5, 0.6) is 5.75 Å². The first-order valence-electron chi connectivity index (χ1n) is 7.61. The van der Waals surface area contributed by atoms with Crippen LogP contribution >= 0.6 is 22.9 Å². The van der Waals surface area contributed by atoms with Gasteiger partial charge in [0.2, 0.25) is 0 Å². The van der Waals surface area contributed by atoms with E-state index in [1.54, 1.807) is 35.6 Å². The Balaban J connectivity index is 1.65. The number of hydrogen-bond donors (Lipinski definition) is 2. The van der Waals surface area contributed by atoms with Gasteiger partial charge in [-0.1, -0.05) is 11.6 Å². The van der Waals surface area contributed by atoms with Crippen LogP contribution in [-0.4, -0.2) is 36.9 Å². The summed E-state index contributed by atoms with van der Waals surface area (Å²) in [7, 11) is 1.85. The fourth-order valence-corrected chi connectivity index (χ4v) is 3.12. The lowest BCUT2D eigenvalue weighted by atomic mass is 10.3. The minimum atomic E-state index is -0.444. The monoisotopic (exact) mass is 381 g/mol. The summed E-state index contributed by atoms with van der Waals surface area (Å²) in [6.07, 6.45) is 0. The molecule has 8 heteroatoms. The van der Waals surface area contributed by atoms with Crippen molar-refractivity contribution in [2.75, 3.05) is 20.2 Å². The predicted octanol–water partition coefficient (Wildman–Crippen LogP) is 2.37. The number of hydrazine groups is 1. The minimum Gasteiger partial charge on any atom is -0.484 e. The molecule has 0 aliphatic heterocycles. The maximum absolute atomic E-state index is 11.9. The van der Waals surface area contributed by atoms with Crippen molar-refractivity contribution in [1.82, 2.24) is 15.8 Å². The van der Waals surface area contributed by atoms with Crippen molar-refractivity contribution in [3.8, 4) is 5.75 Å². The quantitative estimate of drug-likeness (QED) is 0.722. The van der Waals surface area contributed by atoms with E-state index in [2.05, 4.69) is 16.9 Å². The van der Waals surface area contributed by atoms with Gasteiger partial charge < -0.3 is 4.74 Å². The first-order chi connectivity index (χ1) is 11.9. The second-order valence-corrected chi connectivity index (χ2v) is 6.98. The van der Waals surface area contributed by atoms with Gasteiger partial charge in [-0.15, -0.1) is 11.3 Å². The molecule has 0 spiro atoms. The van der Waals surface area contributed by atoms with Gasteiger partial charge >= 0.3 is 0 Å². The van der Waals surface area contributed by atoms with Crippen molar-refractivity contribution in [2.24, 2.45) is 0 Å². The van der Waals surface area contributed by atoms with Crippen LogP contribution in [0.1, 0.15) is 10.4 Å². The Morgan fingerprint density at radius 3 is 2.48 bits per heavy atom. The Bertz CT molecular complexity index is 718. The van der Waals surface area contributed by atoms with Crippen LogP contribution in [0.2, 0.25) is 5.02 Å². The highest BCUT2D eigenvalue weighted by Crippen LogP contribution is 2.17. The highest BCUT2D eigenvalue weighted by atomic mass is 35.5. The van der Waals surface area contributed by atoms with Gasteiger partial charge in [0.05, 0.1) is 6.54 Å². The van der Waals surface area contributed by atoms with Crippen molar-refractivity contribution in [2.45, 2.75) is 13.5 Å². The second-order valence-electron chi connectivity index (χ2n) is 5.54. The molecule has 0 unspecified atom stereocenters. The molecule has 25 heavy (non-hydrogen) atoms. The Hall–Kier alpha value is -2.09. The van der Waals surface area contributed by atoms with E-state index in [4.69, 9.17) is 16.3 Å². The highest BCUT2D eigenvalue weighted by molar-refractivity contribution is 7.10. The largest absolute Gasteiger partial charge is 0.484 e. The van der Waals surface area contributed by atoms with Gasteiger partial charge in [-0.05, 0) is 55.2 Å². The van der Waals surface area contributed by atoms with Gasteiger partial charge in [0.1, 0.15) is 5.75 Å². The van der Waals surface area contributed by atoms with E-state index in [0.29, 0.717) is 17.3 Å². The normalized spacial score (nSPS) is 10.6. The lowest BCUT2D eigenvalue weighted by molar-refractivity contribution is -0.130. The Kier molecular flexibility index (Phi) is 7.24. The fraction of sp³-hybridized carbons (Fsp3) is 0.294. The van der Waals surface area contributed by atoms with E-state index in [9.17, 15) is 9.59 Å². The molecule has 1 aromatic heterocycles. The Morgan fingerprint density at radius 1 is 1.16 bits per heavy atom. The summed E-state index contributed by atoms with van der Waals surface area (Å²) in [6, 6.07) is 8.71. The number of carbonyl (C=O) groups is 2. The number of likely N-dealkylation sites (N-methyl/N-ethyl adjacent to an activating group) is 1. The molecule has 2 amide bonds. The zero-order valence-corrected chi connectivity index (χ0v) is 15.6. The molecule has 2 N–H and O–H groups in total. The van der Waals surface area contributed by atoms with Crippen LogP contribution in [0.4, 0.5) is 0 Å². The number of nitrogens with zero attached hydrogens (tertiary/aromatic N) is 1. The average molecular weight is 382 g/mol. The third-order valence-electron chi connectivity index (χ3n) is 3.32. The van der Waals surface area contributed by atoms with E-state index in [-0.39, 0.29) is 19.1 Å². The highest BCUT2D eigenvalue weighted by Gasteiger charge is 2.10. The molecule has 1 aromatic carbocycles. The minimum absolute atomic E-state index is 0.176.